The summed E-state index contributed by atoms with van der Waals surface area (Å²) in [6.07, 6.45) is 0. The molecule has 31 heavy (non-hydrogen) atoms. The highest BCUT2D eigenvalue weighted by molar-refractivity contribution is 9.10. The molecule has 0 bridgehead atoms. The number of halogens is 1. The lowest BCUT2D eigenvalue weighted by molar-refractivity contribution is 0.0666. The molecular weight excluding hydrogens is 462 g/mol. The zero-order valence-electron chi connectivity index (χ0n) is 17.2. The van der Waals surface area contributed by atoms with Crippen LogP contribution in [-0.4, -0.2) is 36.8 Å². The standard InChI is InChI=1S/C22H20BrN5O3/c1-13(2)28(12-18-24-25-20(31-18)16-10-6-7-11-17(16)23)22(30)19-14-8-4-5-9-15(14)21(29)27(3)26-19/h4-11,13H,12H2,1-3H3. The molecule has 0 aliphatic heterocycles. The molecular formula is C22H20BrN5O3. The molecule has 0 fully saturated rings. The zero-order valence-corrected chi connectivity index (χ0v) is 18.8. The van der Waals surface area contributed by atoms with Gasteiger partial charge in [0.25, 0.3) is 11.5 Å². The van der Waals surface area contributed by atoms with E-state index >= 15 is 0 Å². The number of fused-ring (bicyclic) bond motifs is 1. The van der Waals surface area contributed by atoms with Crippen molar-refractivity contribution in [3.05, 3.63) is 74.9 Å². The second-order valence-corrected chi connectivity index (χ2v) is 8.18. The number of aryl methyl sites for hydroxylation is 1. The van der Waals surface area contributed by atoms with Gasteiger partial charge in [0.1, 0.15) is 0 Å². The maximum absolute atomic E-state index is 13.4. The summed E-state index contributed by atoms with van der Waals surface area (Å²) in [7, 11) is 1.53. The minimum Gasteiger partial charge on any atom is -0.419 e. The molecule has 0 N–H and O–H groups in total. The Morgan fingerprint density at radius 2 is 1.77 bits per heavy atom. The van der Waals surface area contributed by atoms with E-state index in [2.05, 4.69) is 31.2 Å². The van der Waals surface area contributed by atoms with Crippen molar-refractivity contribution in [1.29, 1.82) is 0 Å². The molecule has 2 aromatic carbocycles. The molecule has 1 amide bonds. The Bertz CT molecular complexity index is 1330. The predicted molar refractivity (Wildman–Crippen MR) is 119 cm³/mol. The molecule has 0 atom stereocenters. The van der Waals surface area contributed by atoms with Crippen molar-refractivity contribution in [3.8, 4) is 11.5 Å². The highest BCUT2D eigenvalue weighted by Gasteiger charge is 2.26. The molecule has 9 heteroatoms. The Kier molecular flexibility index (Phi) is 5.69. The second-order valence-electron chi connectivity index (χ2n) is 7.33. The van der Waals surface area contributed by atoms with Crippen molar-refractivity contribution >= 4 is 32.6 Å². The van der Waals surface area contributed by atoms with Gasteiger partial charge < -0.3 is 9.32 Å². The fourth-order valence-electron chi connectivity index (χ4n) is 3.29. The maximum atomic E-state index is 13.4. The summed E-state index contributed by atoms with van der Waals surface area (Å²) in [6.45, 7) is 3.91. The third-order valence-corrected chi connectivity index (χ3v) is 5.61. The van der Waals surface area contributed by atoms with E-state index in [1.165, 1.54) is 11.7 Å². The van der Waals surface area contributed by atoms with Crippen molar-refractivity contribution in [1.82, 2.24) is 24.9 Å². The molecule has 0 aliphatic carbocycles. The van der Waals surface area contributed by atoms with Gasteiger partial charge in [0, 0.05) is 22.9 Å². The average molecular weight is 482 g/mol. The van der Waals surface area contributed by atoms with Crippen LogP contribution < -0.4 is 5.56 Å². The molecule has 0 aliphatic rings. The lowest BCUT2D eigenvalue weighted by Crippen LogP contribution is -2.38. The molecule has 0 saturated carbocycles. The van der Waals surface area contributed by atoms with E-state index in [1.54, 1.807) is 29.2 Å². The van der Waals surface area contributed by atoms with Gasteiger partial charge in [-0.1, -0.05) is 30.3 Å². The molecule has 8 nitrogen and oxygen atoms in total. The Hall–Kier alpha value is -3.33. The van der Waals surface area contributed by atoms with Gasteiger partial charge in [-0.25, -0.2) is 4.68 Å². The van der Waals surface area contributed by atoms with Crippen LogP contribution in [0.5, 0.6) is 0 Å². The minimum atomic E-state index is -0.317. The molecule has 0 spiro atoms. The van der Waals surface area contributed by atoms with Gasteiger partial charge in [-0.15, -0.1) is 10.2 Å². The van der Waals surface area contributed by atoms with E-state index in [9.17, 15) is 9.59 Å². The summed E-state index contributed by atoms with van der Waals surface area (Å²) in [4.78, 5) is 27.4. The number of carbonyl (C=O) groups is 1. The molecule has 4 rings (SSSR count). The van der Waals surface area contributed by atoms with Crippen LogP contribution in [0.4, 0.5) is 0 Å². The third-order valence-electron chi connectivity index (χ3n) is 4.92. The first-order valence-corrected chi connectivity index (χ1v) is 10.5. The van der Waals surface area contributed by atoms with Crippen LogP contribution in [0.1, 0.15) is 30.2 Å². The monoisotopic (exact) mass is 481 g/mol. The first-order valence-electron chi connectivity index (χ1n) is 9.71. The number of hydrogen-bond donors (Lipinski definition) is 0. The Morgan fingerprint density at radius 1 is 1.10 bits per heavy atom. The van der Waals surface area contributed by atoms with Gasteiger partial charge in [0.05, 0.1) is 17.5 Å². The lowest BCUT2D eigenvalue weighted by atomic mass is 10.1. The third kappa shape index (κ3) is 4.00. The maximum Gasteiger partial charge on any atom is 0.275 e. The smallest absolute Gasteiger partial charge is 0.275 e. The first-order chi connectivity index (χ1) is 14.9. The Morgan fingerprint density at radius 3 is 2.48 bits per heavy atom. The van der Waals surface area contributed by atoms with E-state index in [1.807, 2.05) is 38.1 Å². The average Bonchev–Trinajstić information content (AvgIpc) is 3.23. The van der Waals surface area contributed by atoms with E-state index in [-0.39, 0.29) is 29.7 Å². The van der Waals surface area contributed by atoms with Gasteiger partial charge in [0.2, 0.25) is 11.8 Å². The number of amides is 1. The van der Waals surface area contributed by atoms with E-state index in [0.717, 1.165) is 10.0 Å². The highest BCUT2D eigenvalue weighted by Crippen LogP contribution is 2.27. The van der Waals surface area contributed by atoms with Crippen molar-refractivity contribution in [2.45, 2.75) is 26.4 Å². The molecule has 0 radical (unpaired) electrons. The Labute approximate surface area is 186 Å². The van der Waals surface area contributed by atoms with Crippen LogP contribution >= 0.6 is 15.9 Å². The first kappa shape index (κ1) is 20.9. The van der Waals surface area contributed by atoms with Crippen molar-refractivity contribution < 1.29 is 9.21 Å². The second kappa shape index (κ2) is 8.43. The van der Waals surface area contributed by atoms with Gasteiger partial charge in [-0.2, -0.15) is 5.10 Å². The Balaban J connectivity index is 1.69. The van der Waals surface area contributed by atoms with Crippen LogP contribution in [0.25, 0.3) is 22.2 Å². The van der Waals surface area contributed by atoms with Crippen LogP contribution in [0.3, 0.4) is 0 Å². The van der Waals surface area contributed by atoms with E-state index in [0.29, 0.717) is 22.6 Å². The van der Waals surface area contributed by atoms with Crippen molar-refractivity contribution in [2.24, 2.45) is 7.05 Å². The zero-order chi connectivity index (χ0) is 22.1. The summed E-state index contributed by atoms with van der Waals surface area (Å²) in [5.74, 6) is 0.355. The SMILES string of the molecule is CC(C)N(Cc1nnc(-c2ccccc2Br)o1)C(=O)c1nn(C)c(=O)c2ccccc12. The van der Waals surface area contributed by atoms with Crippen molar-refractivity contribution in [3.63, 3.8) is 0 Å². The molecule has 2 aromatic heterocycles. The minimum absolute atomic E-state index is 0.118. The van der Waals surface area contributed by atoms with Crippen LogP contribution in [0.2, 0.25) is 0 Å². The number of hydrogen-bond acceptors (Lipinski definition) is 6. The van der Waals surface area contributed by atoms with Gasteiger partial charge in [0.15, 0.2) is 5.69 Å². The predicted octanol–water partition coefficient (Wildman–Crippen LogP) is 3.80. The van der Waals surface area contributed by atoms with Crippen LogP contribution in [0.15, 0.2) is 62.2 Å². The molecule has 4 aromatic rings. The van der Waals surface area contributed by atoms with Crippen LogP contribution in [-0.2, 0) is 13.6 Å². The fourth-order valence-corrected chi connectivity index (χ4v) is 3.74. The summed E-state index contributed by atoms with van der Waals surface area (Å²) >= 11 is 3.48. The van der Waals surface area contributed by atoms with Gasteiger partial charge in [-0.3, -0.25) is 9.59 Å². The van der Waals surface area contributed by atoms with E-state index in [4.69, 9.17) is 4.42 Å². The summed E-state index contributed by atoms with van der Waals surface area (Å²) in [5.41, 5.74) is 0.726. The largest absolute Gasteiger partial charge is 0.419 e. The van der Waals surface area contributed by atoms with Crippen LogP contribution in [0, 0.1) is 0 Å². The van der Waals surface area contributed by atoms with Crippen molar-refractivity contribution in [2.75, 3.05) is 0 Å². The fraction of sp³-hybridized carbons (Fsp3) is 0.227. The highest BCUT2D eigenvalue weighted by atomic mass is 79.9. The topological polar surface area (TPSA) is 94.1 Å². The number of nitrogens with zero attached hydrogens (tertiary/aromatic N) is 5. The lowest BCUT2D eigenvalue weighted by Gasteiger charge is -2.25. The summed E-state index contributed by atoms with van der Waals surface area (Å²) in [6, 6.07) is 14.3. The summed E-state index contributed by atoms with van der Waals surface area (Å²) in [5, 5.41) is 13.5. The molecule has 0 unspecified atom stereocenters. The molecule has 0 saturated heterocycles. The number of rotatable bonds is 5. The quantitative estimate of drug-likeness (QED) is 0.430. The van der Waals surface area contributed by atoms with Gasteiger partial charge >= 0.3 is 0 Å². The van der Waals surface area contributed by atoms with E-state index < -0.39 is 0 Å². The normalized spacial score (nSPS) is 11.3. The number of aromatic nitrogens is 4. The van der Waals surface area contributed by atoms with Gasteiger partial charge in [-0.05, 0) is 48.0 Å². The molecule has 2 heterocycles. The number of benzene rings is 2. The molecule has 158 valence electrons. The number of carbonyl (C=O) groups excluding carboxylic acids is 1. The summed E-state index contributed by atoms with van der Waals surface area (Å²) < 4.78 is 7.85.